The second kappa shape index (κ2) is 14.5. The zero-order chi connectivity index (χ0) is 43.3. The highest BCUT2D eigenvalue weighted by molar-refractivity contribution is 6.75. The van der Waals surface area contributed by atoms with Crippen LogP contribution in [0, 0.1) is 22.7 Å². The maximum Gasteiger partial charge on any atom is 0.338 e. The molecule has 1 aliphatic heterocycles. The van der Waals surface area contributed by atoms with Crippen LogP contribution in [-0.4, -0.2) is 90.0 Å². The molecule has 1 aromatic rings. The fourth-order valence-electron chi connectivity index (χ4n) is 9.42. The van der Waals surface area contributed by atoms with Gasteiger partial charge < -0.3 is 32.6 Å². The van der Waals surface area contributed by atoms with Gasteiger partial charge in [0.25, 0.3) is 8.32 Å². The molecule has 1 saturated heterocycles. The third kappa shape index (κ3) is 7.62. The lowest BCUT2D eigenvalue weighted by atomic mass is 9.45. The fraction of sp³-hybridized carbons (Fsp3) is 0.750. The molecule has 0 amide bonds. The van der Waals surface area contributed by atoms with Crippen molar-refractivity contribution in [2.24, 2.45) is 22.7 Å². The third-order valence-electron chi connectivity index (χ3n) is 14.8. The van der Waals surface area contributed by atoms with Gasteiger partial charge in [0.05, 0.1) is 35.7 Å². The number of Topliss-reactive ketones (excluding diaryl/α,β-unsaturated/α-hetero) is 1. The number of carbonyl (C=O) groups excluding carboxylic acids is 3. The number of fused-ring (bicyclic) bond motifs is 5. The molecule has 4 aliphatic rings. The number of ketones is 1. The normalized spacial score (nSPS) is 34.5. The van der Waals surface area contributed by atoms with Crippen molar-refractivity contribution in [1.82, 2.24) is 0 Å². The summed E-state index contributed by atoms with van der Waals surface area (Å²) >= 11 is 0. The number of rotatable bonds is 9. The summed E-state index contributed by atoms with van der Waals surface area (Å²) in [5.74, 6) is -2.78. The summed E-state index contributed by atoms with van der Waals surface area (Å²) in [4.78, 5) is 44.5. The van der Waals surface area contributed by atoms with E-state index in [-0.39, 0.29) is 47.0 Å². The minimum Gasteiger partial charge on any atom is -0.541 e. The molecule has 9 atom stereocenters. The second-order valence-corrected chi connectivity index (χ2v) is 36.1. The Morgan fingerprint density at radius 3 is 1.91 bits per heavy atom. The van der Waals surface area contributed by atoms with E-state index in [9.17, 15) is 14.7 Å². The van der Waals surface area contributed by atoms with E-state index in [0.29, 0.717) is 11.1 Å². The van der Waals surface area contributed by atoms with Crippen LogP contribution in [-0.2, 0) is 37.1 Å². The highest BCUT2D eigenvalue weighted by Gasteiger charge is 2.78. The lowest BCUT2D eigenvalue weighted by Gasteiger charge is -2.68. The van der Waals surface area contributed by atoms with Crippen LogP contribution in [0.25, 0.3) is 0 Å². The Hall–Kier alpha value is -2.14. The molecule has 1 N–H and O–H groups in total. The molecule has 3 fully saturated rings. The number of esters is 2. The van der Waals surface area contributed by atoms with Crippen molar-refractivity contribution in [1.29, 1.82) is 0 Å². The van der Waals surface area contributed by atoms with E-state index < -0.39 is 89.3 Å². The number of ether oxygens (including phenoxy) is 3. The van der Waals surface area contributed by atoms with Crippen molar-refractivity contribution in [2.45, 2.75) is 181 Å². The molecular formula is C44H72O10Si3. The average molecular weight is 845 g/mol. The first-order chi connectivity index (χ1) is 25.7. The van der Waals surface area contributed by atoms with Crippen LogP contribution < -0.4 is 0 Å². The number of allylic oxidation sites excluding steroid dienone is 1. The molecule has 1 aromatic carbocycles. The summed E-state index contributed by atoms with van der Waals surface area (Å²) in [6, 6.07) is 8.67. The topological polar surface area (TPSA) is 127 Å². The van der Waals surface area contributed by atoms with Gasteiger partial charge in [0.1, 0.15) is 23.6 Å². The standard InChI is InChI=1S/C44H72O10Si3/c1-27-30(52-55(12,13)14)25-44(48)37(50-38(47)29-22-20-19-21-23-29)35-42(11,36(46)34(33(27)41(44,9)10)54-57(17,18)40(6,7)8)31(53-56(15,16)39(3,4)5)24-32-43(35,26-49-32)51-28(2)45/h19-23,27,30-32,35,37,48H,24-26H2,1-18H3/t27?,30-,31-,32+,35-,37-,42+,43-,44+/m0/s1. The molecule has 2 saturated carbocycles. The van der Waals surface area contributed by atoms with Crippen molar-refractivity contribution in [3.63, 3.8) is 0 Å². The molecule has 57 heavy (non-hydrogen) atoms. The Kier molecular flexibility index (Phi) is 11.7. The van der Waals surface area contributed by atoms with E-state index >= 15 is 4.79 Å². The van der Waals surface area contributed by atoms with Gasteiger partial charge in [-0.25, -0.2) is 4.79 Å². The highest BCUT2D eigenvalue weighted by atomic mass is 28.4. The van der Waals surface area contributed by atoms with Crippen molar-refractivity contribution < 1.29 is 47.0 Å². The van der Waals surface area contributed by atoms with Gasteiger partial charge in [-0.15, -0.1) is 0 Å². The number of hydrogen-bond donors (Lipinski definition) is 1. The van der Waals surface area contributed by atoms with Crippen molar-refractivity contribution >= 4 is 42.7 Å². The lowest BCUT2D eigenvalue weighted by molar-refractivity contribution is -0.344. The predicted octanol–water partition coefficient (Wildman–Crippen LogP) is 9.21. The third-order valence-corrected chi connectivity index (χ3v) is 24.6. The van der Waals surface area contributed by atoms with Gasteiger partial charge in [0.15, 0.2) is 22.2 Å². The summed E-state index contributed by atoms with van der Waals surface area (Å²) in [7, 11) is -7.69. The molecule has 1 heterocycles. The van der Waals surface area contributed by atoms with Gasteiger partial charge in [0, 0.05) is 31.1 Å². The van der Waals surface area contributed by atoms with Crippen LogP contribution in [0.4, 0.5) is 0 Å². The molecule has 13 heteroatoms. The van der Waals surface area contributed by atoms with E-state index in [1.807, 2.05) is 26.8 Å². The second-order valence-electron chi connectivity index (χ2n) is 22.1. The van der Waals surface area contributed by atoms with Gasteiger partial charge >= 0.3 is 11.9 Å². The summed E-state index contributed by atoms with van der Waals surface area (Å²) in [6.45, 7) is 36.8. The first-order valence-electron chi connectivity index (χ1n) is 20.8. The zero-order valence-electron chi connectivity index (χ0n) is 38.1. The minimum absolute atomic E-state index is 0.0479. The van der Waals surface area contributed by atoms with E-state index in [1.165, 1.54) is 6.92 Å². The molecule has 0 radical (unpaired) electrons. The molecule has 0 aromatic heterocycles. The highest BCUT2D eigenvalue weighted by Crippen LogP contribution is 2.66. The van der Waals surface area contributed by atoms with E-state index in [1.54, 1.807) is 24.3 Å². The van der Waals surface area contributed by atoms with Crippen LogP contribution in [0.2, 0.25) is 55.9 Å². The predicted molar refractivity (Wildman–Crippen MR) is 229 cm³/mol. The monoisotopic (exact) mass is 844 g/mol. The van der Waals surface area contributed by atoms with Crippen LogP contribution in [0.1, 0.15) is 99.4 Å². The number of hydrogen-bond acceptors (Lipinski definition) is 10. The van der Waals surface area contributed by atoms with E-state index in [4.69, 9.17) is 27.5 Å². The van der Waals surface area contributed by atoms with Gasteiger partial charge in [-0.05, 0) is 80.5 Å². The van der Waals surface area contributed by atoms with Crippen molar-refractivity contribution in [2.75, 3.05) is 6.61 Å². The number of aliphatic hydroxyl groups is 1. The van der Waals surface area contributed by atoms with Crippen LogP contribution in [0.3, 0.4) is 0 Å². The SMILES string of the molecule is CC(=O)O[C@@]12CO[C@@H]1C[C@H](O[Si](C)(C)C(C)(C)C)[C@@]1(C)C(=O)C(O[Si](C)(C)C(C)(C)C)=C3C(C)[C@@H](O[Si](C)(C)C)C[C@@](O)([C@@H](OC(=O)c4ccccc4)[C@H]21)C3(C)C. The smallest absolute Gasteiger partial charge is 0.338 e. The maximum atomic E-state index is 16.6. The Bertz CT molecular complexity index is 1770. The van der Waals surface area contributed by atoms with Gasteiger partial charge in [-0.2, -0.15) is 0 Å². The molecule has 5 rings (SSSR count). The summed E-state index contributed by atoms with van der Waals surface area (Å²) in [5, 5.41) is 13.5. The molecule has 320 valence electrons. The zero-order valence-corrected chi connectivity index (χ0v) is 41.1. The summed E-state index contributed by atoms with van der Waals surface area (Å²) in [6.07, 6.45) is -3.09. The average Bonchev–Trinajstić information content (AvgIpc) is 3.04. The first kappa shape index (κ1) is 45.9. The molecular weight excluding hydrogens is 773 g/mol. The number of carbonyl (C=O) groups is 3. The molecule has 3 aliphatic carbocycles. The number of benzene rings is 1. The Labute approximate surface area is 345 Å². The summed E-state index contributed by atoms with van der Waals surface area (Å²) in [5.41, 5.74) is -5.15. The van der Waals surface area contributed by atoms with E-state index in [2.05, 4.69) is 94.3 Å². The largest absolute Gasteiger partial charge is 0.541 e. The van der Waals surface area contributed by atoms with Crippen LogP contribution >= 0.6 is 0 Å². The summed E-state index contributed by atoms with van der Waals surface area (Å²) < 4.78 is 41.3. The lowest BCUT2D eigenvalue weighted by Crippen LogP contribution is -2.81. The van der Waals surface area contributed by atoms with Gasteiger partial charge in [-0.1, -0.05) is 80.5 Å². The molecule has 10 nitrogen and oxygen atoms in total. The van der Waals surface area contributed by atoms with Gasteiger partial charge in [-0.3, -0.25) is 9.59 Å². The minimum atomic E-state index is -2.77. The first-order valence-corrected chi connectivity index (χ1v) is 30.0. The Morgan fingerprint density at radius 1 is 0.877 bits per heavy atom. The van der Waals surface area contributed by atoms with Crippen molar-refractivity contribution in [3.8, 4) is 0 Å². The Balaban J connectivity index is 1.97. The Morgan fingerprint density at radius 2 is 1.44 bits per heavy atom. The van der Waals surface area contributed by atoms with Crippen LogP contribution in [0.5, 0.6) is 0 Å². The van der Waals surface area contributed by atoms with Crippen LogP contribution in [0.15, 0.2) is 41.7 Å². The quantitative estimate of drug-likeness (QED) is 0.190. The fourth-order valence-corrected chi connectivity index (χ4v) is 13.0. The maximum absolute atomic E-state index is 16.6. The molecule has 1 unspecified atom stereocenters. The molecule has 2 bridgehead atoms. The van der Waals surface area contributed by atoms with E-state index in [0.717, 1.165) is 0 Å². The van der Waals surface area contributed by atoms with Gasteiger partial charge in [0.2, 0.25) is 5.78 Å². The van der Waals surface area contributed by atoms with Crippen molar-refractivity contribution in [3.05, 3.63) is 47.2 Å². The molecule has 0 spiro atoms.